The van der Waals surface area contributed by atoms with Gasteiger partial charge in [-0.3, -0.25) is 14.5 Å². The van der Waals surface area contributed by atoms with E-state index in [2.05, 4.69) is 22.2 Å². The third kappa shape index (κ3) is 4.49. The highest BCUT2D eigenvalue weighted by Gasteiger charge is 2.36. The van der Waals surface area contributed by atoms with Crippen LogP contribution >= 0.6 is 0 Å². The number of halogens is 2. The third-order valence-corrected chi connectivity index (χ3v) is 6.84. The van der Waals surface area contributed by atoms with E-state index in [4.69, 9.17) is 0 Å². The van der Waals surface area contributed by atoms with Crippen molar-refractivity contribution in [2.24, 2.45) is 0 Å². The summed E-state index contributed by atoms with van der Waals surface area (Å²) in [6.07, 6.45) is 3.56. The minimum Gasteiger partial charge on any atom is -0.344 e. The van der Waals surface area contributed by atoms with Crippen LogP contribution in [0.3, 0.4) is 0 Å². The van der Waals surface area contributed by atoms with Crippen molar-refractivity contribution in [3.63, 3.8) is 0 Å². The molecule has 3 aliphatic heterocycles. The van der Waals surface area contributed by atoms with Gasteiger partial charge in [-0.1, -0.05) is 6.07 Å². The van der Waals surface area contributed by atoms with Gasteiger partial charge in [-0.15, -0.1) is 0 Å². The molecule has 0 aromatic heterocycles. The lowest BCUT2D eigenvalue weighted by atomic mass is 9.97. The van der Waals surface area contributed by atoms with Gasteiger partial charge in [-0.05, 0) is 58.0 Å². The monoisotopic (exact) mass is 420 g/mol. The first kappa shape index (κ1) is 21.2. The Bertz CT molecular complexity index is 777. The van der Waals surface area contributed by atoms with E-state index in [9.17, 15) is 18.4 Å². The zero-order valence-corrected chi connectivity index (χ0v) is 17.4. The van der Waals surface area contributed by atoms with Crippen LogP contribution in [0.25, 0.3) is 0 Å². The molecule has 1 N–H and O–H groups in total. The lowest BCUT2D eigenvalue weighted by molar-refractivity contribution is -0.145. The SMILES string of the molecule is CN1CCC(N2CCC(NC(=O)C(=O)N3CCC(c4c(F)cccc4F)C3)C2)CC1. The topological polar surface area (TPSA) is 55.9 Å². The van der Waals surface area contributed by atoms with Crippen LogP contribution in [0.5, 0.6) is 0 Å². The van der Waals surface area contributed by atoms with Gasteiger partial charge >= 0.3 is 11.8 Å². The molecule has 2 amide bonds. The Labute approximate surface area is 176 Å². The Kier molecular flexibility index (Phi) is 6.34. The molecule has 0 spiro atoms. The van der Waals surface area contributed by atoms with Crippen molar-refractivity contribution in [3.05, 3.63) is 35.4 Å². The molecule has 0 radical (unpaired) electrons. The predicted molar refractivity (Wildman–Crippen MR) is 109 cm³/mol. The molecular formula is C22H30F2N4O2. The molecule has 2 unspecified atom stereocenters. The molecule has 0 aliphatic carbocycles. The van der Waals surface area contributed by atoms with Gasteiger partial charge in [0.05, 0.1) is 0 Å². The smallest absolute Gasteiger partial charge is 0.311 e. The van der Waals surface area contributed by atoms with Crippen LogP contribution in [-0.2, 0) is 9.59 Å². The van der Waals surface area contributed by atoms with Gasteiger partial charge in [0.2, 0.25) is 0 Å². The standard InChI is InChI=1S/C22H30F2N4O2/c1-26-9-7-17(8-10-26)27-12-6-16(14-27)25-21(29)22(30)28-11-5-15(13-28)20-18(23)3-2-4-19(20)24/h2-4,15-17H,5-14H2,1H3,(H,25,29). The Morgan fingerprint density at radius 2 is 1.67 bits per heavy atom. The Balaban J connectivity index is 1.28. The van der Waals surface area contributed by atoms with E-state index in [0.29, 0.717) is 19.0 Å². The van der Waals surface area contributed by atoms with Gasteiger partial charge in [0.1, 0.15) is 11.6 Å². The number of carbonyl (C=O) groups excluding carboxylic acids is 2. The quantitative estimate of drug-likeness (QED) is 0.755. The van der Waals surface area contributed by atoms with Crippen molar-refractivity contribution in [1.29, 1.82) is 0 Å². The average Bonchev–Trinajstić information content (AvgIpc) is 3.38. The Morgan fingerprint density at radius 3 is 2.37 bits per heavy atom. The van der Waals surface area contributed by atoms with Crippen molar-refractivity contribution in [2.45, 2.75) is 43.7 Å². The van der Waals surface area contributed by atoms with E-state index in [-0.39, 0.29) is 18.2 Å². The third-order valence-electron chi connectivity index (χ3n) is 6.84. The fourth-order valence-electron chi connectivity index (χ4n) is 5.07. The van der Waals surface area contributed by atoms with Crippen molar-refractivity contribution < 1.29 is 18.4 Å². The highest BCUT2D eigenvalue weighted by Crippen LogP contribution is 2.31. The van der Waals surface area contributed by atoms with Gasteiger partial charge < -0.3 is 15.1 Å². The number of rotatable bonds is 3. The molecule has 3 aliphatic rings. The molecule has 2 atom stereocenters. The summed E-state index contributed by atoms with van der Waals surface area (Å²) in [7, 11) is 2.14. The maximum atomic E-state index is 14.0. The number of carbonyl (C=O) groups is 2. The molecule has 3 saturated heterocycles. The van der Waals surface area contributed by atoms with Crippen LogP contribution < -0.4 is 5.32 Å². The number of piperidine rings is 1. The minimum atomic E-state index is -0.611. The summed E-state index contributed by atoms with van der Waals surface area (Å²) in [5, 5.41) is 2.88. The van der Waals surface area contributed by atoms with Gasteiger partial charge in [0.25, 0.3) is 0 Å². The number of hydrogen-bond donors (Lipinski definition) is 1. The van der Waals surface area contributed by atoms with Crippen molar-refractivity contribution in [2.75, 3.05) is 46.3 Å². The maximum absolute atomic E-state index is 14.0. The average molecular weight is 421 g/mol. The molecule has 8 heteroatoms. The lowest BCUT2D eigenvalue weighted by Gasteiger charge is -2.35. The van der Waals surface area contributed by atoms with E-state index in [1.807, 2.05) is 0 Å². The van der Waals surface area contributed by atoms with Crippen LogP contribution in [0.4, 0.5) is 8.78 Å². The molecule has 1 aromatic carbocycles. The van der Waals surface area contributed by atoms with E-state index < -0.39 is 29.4 Å². The first-order chi connectivity index (χ1) is 14.4. The number of nitrogens with one attached hydrogen (secondary N) is 1. The number of nitrogens with zero attached hydrogens (tertiary/aromatic N) is 3. The molecule has 1 aromatic rings. The molecule has 164 valence electrons. The van der Waals surface area contributed by atoms with Crippen LogP contribution in [0.2, 0.25) is 0 Å². The fraction of sp³-hybridized carbons (Fsp3) is 0.636. The minimum absolute atomic E-state index is 0.0118. The molecule has 3 heterocycles. The van der Waals surface area contributed by atoms with Crippen molar-refractivity contribution in [1.82, 2.24) is 20.0 Å². The van der Waals surface area contributed by atoms with E-state index in [1.54, 1.807) is 0 Å². The van der Waals surface area contributed by atoms with Gasteiger partial charge in [0.15, 0.2) is 0 Å². The highest BCUT2D eigenvalue weighted by atomic mass is 19.1. The van der Waals surface area contributed by atoms with Crippen LogP contribution in [-0.4, -0.2) is 84.9 Å². The molecule has 6 nitrogen and oxygen atoms in total. The number of benzene rings is 1. The zero-order chi connectivity index (χ0) is 21.3. The summed E-state index contributed by atoms with van der Waals surface area (Å²) in [6.45, 7) is 4.39. The largest absolute Gasteiger partial charge is 0.344 e. The summed E-state index contributed by atoms with van der Waals surface area (Å²) in [4.78, 5) is 31.3. The first-order valence-electron chi connectivity index (χ1n) is 10.9. The number of likely N-dealkylation sites (tertiary alicyclic amines) is 3. The molecule has 0 saturated carbocycles. The molecular weight excluding hydrogens is 390 g/mol. The highest BCUT2D eigenvalue weighted by molar-refractivity contribution is 6.35. The normalized spacial score (nSPS) is 26.3. The fourth-order valence-corrected chi connectivity index (χ4v) is 5.07. The number of hydrogen-bond acceptors (Lipinski definition) is 4. The van der Waals surface area contributed by atoms with Gasteiger partial charge in [0, 0.05) is 49.7 Å². The molecule has 3 fully saturated rings. The Morgan fingerprint density at radius 1 is 0.967 bits per heavy atom. The summed E-state index contributed by atoms with van der Waals surface area (Å²) in [5.41, 5.74) is 0.0118. The van der Waals surface area contributed by atoms with Gasteiger partial charge in [-0.25, -0.2) is 8.78 Å². The molecule has 30 heavy (non-hydrogen) atoms. The summed E-state index contributed by atoms with van der Waals surface area (Å²) >= 11 is 0. The van der Waals surface area contributed by atoms with E-state index >= 15 is 0 Å². The summed E-state index contributed by atoms with van der Waals surface area (Å²) in [5.74, 6) is -2.83. The van der Waals surface area contributed by atoms with E-state index in [0.717, 1.165) is 45.4 Å². The summed E-state index contributed by atoms with van der Waals surface area (Å²) < 4.78 is 28.1. The maximum Gasteiger partial charge on any atom is 0.311 e. The second kappa shape index (κ2) is 8.98. The Hall–Kier alpha value is -2.06. The second-order valence-electron chi connectivity index (χ2n) is 8.86. The van der Waals surface area contributed by atoms with Crippen LogP contribution in [0.1, 0.15) is 37.2 Å². The van der Waals surface area contributed by atoms with E-state index in [1.165, 1.54) is 23.1 Å². The second-order valence-corrected chi connectivity index (χ2v) is 8.86. The summed E-state index contributed by atoms with van der Waals surface area (Å²) in [6, 6.07) is 4.31. The number of amides is 2. The molecule has 4 rings (SSSR count). The zero-order valence-electron chi connectivity index (χ0n) is 17.4. The van der Waals surface area contributed by atoms with Crippen molar-refractivity contribution in [3.8, 4) is 0 Å². The van der Waals surface area contributed by atoms with Crippen LogP contribution in [0.15, 0.2) is 18.2 Å². The lowest BCUT2D eigenvalue weighted by Crippen LogP contribution is -2.48. The van der Waals surface area contributed by atoms with Crippen molar-refractivity contribution >= 4 is 11.8 Å². The predicted octanol–water partition coefficient (Wildman–Crippen LogP) is 1.57. The van der Waals surface area contributed by atoms with Gasteiger partial charge in [-0.2, -0.15) is 0 Å². The first-order valence-corrected chi connectivity index (χ1v) is 10.9. The molecule has 0 bridgehead atoms. The van der Waals surface area contributed by atoms with Crippen LogP contribution in [0, 0.1) is 11.6 Å².